The summed E-state index contributed by atoms with van der Waals surface area (Å²) in [5.74, 6) is 0. The maximum atomic E-state index is 3.72. The van der Waals surface area contributed by atoms with E-state index in [0.717, 1.165) is 6.04 Å². The van der Waals surface area contributed by atoms with Gasteiger partial charge in [-0.25, -0.2) is 0 Å². The highest BCUT2D eigenvalue weighted by Crippen LogP contribution is 2.38. The number of hydrogen-bond acceptors (Lipinski definition) is 3. The predicted molar refractivity (Wildman–Crippen MR) is 91.8 cm³/mol. The largest absolute Gasteiger partial charge is 0.314 e. The lowest BCUT2D eigenvalue weighted by molar-refractivity contribution is 0.0658. The van der Waals surface area contributed by atoms with Crippen molar-refractivity contribution >= 4 is 0 Å². The van der Waals surface area contributed by atoms with Crippen molar-refractivity contribution in [3.8, 4) is 0 Å². The summed E-state index contributed by atoms with van der Waals surface area (Å²) in [7, 11) is 0. The minimum atomic E-state index is 0.558. The molecule has 0 radical (unpaired) electrons. The van der Waals surface area contributed by atoms with Crippen LogP contribution in [0.4, 0.5) is 0 Å². The monoisotopic (exact) mass is 295 g/mol. The van der Waals surface area contributed by atoms with Crippen molar-refractivity contribution in [1.29, 1.82) is 0 Å². The minimum Gasteiger partial charge on any atom is -0.314 e. The Hall–Kier alpha value is -0.120. The molecule has 1 aliphatic carbocycles. The topological polar surface area (TPSA) is 18.5 Å². The number of rotatable bonds is 7. The zero-order valence-corrected chi connectivity index (χ0v) is 14.8. The highest BCUT2D eigenvalue weighted by molar-refractivity contribution is 4.91. The highest BCUT2D eigenvalue weighted by atomic mass is 15.3. The molecule has 2 aliphatic rings. The van der Waals surface area contributed by atoms with Crippen LogP contribution in [-0.4, -0.2) is 61.2 Å². The van der Waals surface area contributed by atoms with Gasteiger partial charge >= 0.3 is 0 Å². The molecule has 0 spiro atoms. The molecule has 2 rings (SSSR count). The van der Waals surface area contributed by atoms with Gasteiger partial charge in [-0.15, -0.1) is 0 Å². The molecule has 3 heteroatoms. The van der Waals surface area contributed by atoms with Crippen LogP contribution in [0.25, 0.3) is 0 Å². The summed E-state index contributed by atoms with van der Waals surface area (Å²) in [6.07, 6.45) is 7.01. The predicted octanol–water partition coefficient (Wildman–Crippen LogP) is 2.96. The standard InChI is InChI=1S/C18H37N3/c1-5-17(4)21-12-10-20(11-13-21)15-18(8-6-7-9-18)14-19-16(2)3/h16-17,19H,5-15H2,1-4H3. The Morgan fingerprint density at radius 2 is 1.62 bits per heavy atom. The van der Waals surface area contributed by atoms with E-state index in [9.17, 15) is 0 Å². The van der Waals surface area contributed by atoms with E-state index in [-0.39, 0.29) is 0 Å². The van der Waals surface area contributed by atoms with Gasteiger partial charge in [0.25, 0.3) is 0 Å². The molecule has 1 heterocycles. The summed E-state index contributed by atoms with van der Waals surface area (Å²) >= 11 is 0. The minimum absolute atomic E-state index is 0.558. The van der Waals surface area contributed by atoms with E-state index in [1.807, 2.05) is 0 Å². The van der Waals surface area contributed by atoms with Crippen LogP contribution in [0, 0.1) is 5.41 Å². The van der Waals surface area contributed by atoms with Crippen LogP contribution in [0.15, 0.2) is 0 Å². The second kappa shape index (κ2) is 7.94. The molecule has 1 aliphatic heterocycles. The van der Waals surface area contributed by atoms with Gasteiger partial charge in [0.2, 0.25) is 0 Å². The van der Waals surface area contributed by atoms with Crippen molar-refractivity contribution in [2.24, 2.45) is 5.41 Å². The molecule has 3 nitrogen and oxygen atoms in total. The van der Waals surface area contributed by atoms with E-state index < -0.39 is 0 Å². The van der Waals surface area contributed by atoms with E-state index in [1.54, 1.807) is 0 Å². The number of nitrogens with one attached hydrogen (secondary N) is 1. The lowest BCUT2D eigenvalue weighted by Gasteiger charge is -2.42. The molecular formula is C18H37N3. The number of hydrogen-bond donors (Lipinski definition) is 1. The van der Waals surface area contributed by atoms with Crippen LogP contribution in [0.3, 0.4) is 0 Å². The number of nitrogens with zero attached hydrogens (tertiary/aromatic N) is 2. The Morgan fingerprint density at radius 3 is 2.14 bits per heavy atom. The fourth-order valence-corrected chi connectivity index (χ4v) is 4.03. The van der Waals surface area contributed by atoms with Crippen molar-refractivity contribution < 1.29 is 0 Å². The summed E-state index contributed by atoms with van der Waals surface area (Å²) in [5, 5.41) is 3.72. The van der Waals surface area contributed by atoms with Crippen molar-refractivity contribution in [3.63, 3.8) is 0 Å². The van der Waals surface area contributed by atoms with Gasteiger partial charge in [0.05, 0.1) is 0 Å². The SMILES string of the molecule is CCC(C)N1CCN(CC2(CNC(C)C)CCCC2)CC1. The third-order valence-corrected chi connectivity index (χ3v) is 5.73. The molecule has 1 unspecified atom stereocenters. The lowest BCUT2D eigenvalue weighted by atomic mass is 9.85. The summed E-state index contributed by atoms with van der Waals surface area (Å²) in [4.78, 5) is 5.41. The first-order valence-corrected chi connectivity index (χ1v) is 9.24. The van der Waals surface area contributed by atoms with Crippen LogP contribution in [-0.2, 0) is 0 Å². The zero-order chi connectivity index (χ0) is 15.3. The molecule has 0 bridgehead atoms. The van der Waals surface area contributed by atoms with Crippen LogP contribution >= 0.6 is 0 Å². The molecule has 21 heavy (non-hydrogen) atoms. The summed E-state index contributed by atoms with van der Waals surface area (Å²) in [6, 6.07) is 1.37. The molecule has 0 aromatic rings. The van der Waals surface area contributed by atoms with Crippen molar-refractivity contribution in [1.82, 2.24) is 15.1 Å². The third kappa shape index (κ3) is 4.94. The molecule has 1 saturated heterocycles. The molecule has 0 aromatic carbocycles. The van der Waals surface area contributed by atoms with Crippen LogP contribution < -0.4 is 5.32 Å². The van der Waals surface area contributed by atoms with Gasteiger partial charge in [0.1, 0.15) is 0 Å². The van der Waals surface area contributed by atoms with Gasteiger partial charge in [0, 0.05) is 51.4 Å². The maximum absolute atomic E-state index is 3.72. The molecule has 1 saturated carbocycles. The van der Waals surface area contributed by atoms with Gasteiger partial charge in [-0.1, -0.05) is 33.6 Å². The molecular weight excluding hydrogens is 258 g/mol. The smallest absolute Gasteiger partial charge is 0.0113 e. The zero-order valence-electron chi connectivity index (χ0n) is 14.8. The van der Waals surface area contributed by atoms with Crippen molar-refractivity contribution in [2.45, 2.75) is 71.9 Å². The number of piperazine rings is 1. The average Bonchev–Trinajstić information content (AvgIpc) is 2.94. The molecule has 124 valence electrons. The Bertz CT molecular complexity index is 289. The normalized spacial score (nSPS) is 25.6. The van der Waals surface area contributed by atoms with Gasteiger partial charge in [-0.3, -0.25) is 4.90 Å². The molecule has 2 fully saturated rings. The fourth-order valence-electron chi connectivity index (χ4n) is 4.03. The third-order valence-electron chi connectivity index (χ3n) is 5.73. The van der Waals surface area contributed by atoms with E-state index in [2.05, 4.69) is 42.8 Å². The Kier molecular flexibility index (Phi) is 6.51. The Balaban J connectivity index is 1.82. The van der Waals surface area contributed by atoms with E-state index in [0.29, 0.717) is 11.5 Å². The molecule has 0 amide bonds. The van der Waals surface area contributed by atoms with Crippen LogP contribution in [0.1, 0.15) is 59.8 Å². The van der Waals surface area contributed by atoms with Gasteiger partial charge < -0.3 is 10.2 Å². The van der Waals surface area contributed by atoms with Gasteiger partial charge in [-0.2, -0.15) is 0 Å². The first-order chi connectivity index (χ1) is 10.0. The van der Waals surface area contributed by atoms with Gasteiger partial charge in [-0.05, 0) is 31.6 Å². The summed E-state index contributed by atoms with van der Waals surface area (Å²) in [6.45, 7) is 16.8. The summed E-state index contributed by atoms with van der Waals surface area (Å²) < 4.78 is 0. The first-order valence-electron chi connectivity index (χ1n) is 9.24. The Labute approximate surface area is 132 Å². The fraction of sp³-hybridized carbons (Fsp3) is 1.00. The second-order valence-corrected chi connectivity index (χ2v) is 7.81. The van der Waals surface area contributed by atoms with Crippen LogP contribution in [0.5, 0.6) is 0 Å². The summed E-state index contributed by atoms with van der Waals surface area (Å²) in [5.41, 5.74) is 0.558. The highest BCUT2D eigenvalue weighted by Gasteiger charge is 2.36. The first kappa shape index (κ1) is 17.2. The Morgan fingerprint density at radius 1 is 1.00 bits per heavy atom. The molecule has 0 aromatic heterocycles. The maximum Gasteiger partial charge on any atom is 0.0113 e. The molecule has 1 N–H and O–H groups in total. The van der Waals surface area contributed by atoms with Crippen molar-refractivity contribution in [3.05, 3.63) is 0 Å². The van der Waals surface area contributed by atoms with Crippen LogP contribution in [0.2, 0.25) is 0 Å². The lowest BCUT2D eigenvalue weighted by Crippen LogP contribution is -2.53. The molecule has 1 atom stereocenters. The van der Waals surface area contributed by atoms with E-state index in [4.69, 9.17) is 0 Å². The van der Waals surface area contributed by atoms with E-state index >= 15 is 0 Å². The second-order valence-electron chi connectivity index (χ2n) is 7.81. The quantitative estimate of drug-likeness (QED) is 0.779. The van der Waals surface area contributed by atoms with Gasteiger partial charge in [0.15, 0.2) is 0 Å². The van der Waals surface area contributed by atoms with Crippen molar-refractivity contribution in [2.75, 3.05) is 39.3 Å². The average molecular weight is 296 g/mol. The van der Waals surface area contributed by atoms with E-state index in [1.165, 1.54) is 71.4 Å².